The number of aromatic amines is 1. The highest BCUT2D eigenvalue weighted by atomic mass is 19.1. The molecule has 0 spiro atoms. The summed E-state index contributed by atoms with van der Waals surface area (Å²) in [7, 11) is 0. The van der Waals surface area contributed by atoms with Crippen molar-refractivity contribution in [1.29, 1.82) is 0 Å². The summed E-state index contributed by atoms with van der Waals surface area (Å²) in [4.78, 5) is 21.2. The summed E-state index contributed by atoms with van der Waals surface area (Å²) >= 11 is 0. The first-order valence-electron chi connectivity index (χ1n) is 10.0. The number of aryl methyl sites for hydroxylation is 1. The van der Waals surface area contributed by atoms with Crippen molar-refractivity contribution in [3.63, 3.8) is 0 Å². The second-order valence-electron chi connectivity index (χ2n) is 7.63. The fourth-order valence-electron chi connectivity index (χ4n) is 3.76. The molecule has 2 aliphatic heterocycles. The molecule has 0 amide bonds. The minimum absolute atomic E-state index is 0.172. The van der Waals surface area contributed by atoms with Crippen molar-refractivity contribution in [1.82, 2.24) is 14.5 Å². The number of H-pyrrole nitrogens is 1. The van der Waals surface area contributed by atoms with Crippen LogP contribution in [-0.4, -0.2) is 14.5 Å². The van der Waals surface area contributed by atoms with Gasteiger partial charge in [0.05, 0.1) is 24.1 Å². The number of nitrogens with zero attached hydrogens (tertiary/aromatic N) is 2. The highest BCUT2D eigenvalue weighted by molar-refractivity contribution is 5.61. The molecule has 0 atom stereocenters. The Hall–Kier alpha value is -3.93. The van der Waals surface area contributed by atoms with Gasteiger partial charge in [0.2, 0.25) is 0 Å². The largest absolute Gasteiger partial charge is 0.469 e. The van der Waals surface area contributed by atoms with Crippen molar-refractivity contribution in [2.45, 2.75) is 19.8 Å². The molecule has 0 unspecified atom stereocenters. The molecule has 1 aromatic heterocycles. The first kappa shape index (κ1) is 19.1. The number of furan rings is 1. The average molecular weight is 413 g/mol. The topological polar surface area (TPSA) is 63.8 Å². The second-order valence-corrected chi connectivity index (χ2v) is 7.63. The molecule has 0 bridgehead atoms. The van der Waals surface area contributed by atoms with Gasteiger partial charge in [0.25, 0.3) is 5.56 Å². The van der Waals surface area contributed by atoms with Crippen molar-refractivity contribution in [3.8, 4) is 17.1 Å². The molecule has 154 valence electrons. The van der Waals surface area contributed by atoms with E-state index in [1.807, 2.05) is 31.2 Å². The Morgan fingerprint density at radius 1 is 1.06 bits per heavy atom. The molecule has 3 aromatic rings. The zero-order chi connectivity index (χ0) is 21.4. The first-order valence-corrected chi connectivity index (χ1v) is 10.0. The Bertz CT molecular complexity index is 1370. The fourth-order valence-corrected chi connectivity index (χ4v) is 3.76. The molecule has 5 rings (SSSR count). The van der Waals surface area contributed by atoms with Crippen LogP contribution in [0.3, 0.4) is 0 Å². The van der Waals surface area contributed by atoms with Gasteiger partial charge in [-0.3, -0.25) is 9.36 Å². The number of imidazole rings is 1. The molecule has 0 radical (unpaired) electrons. The predicted octanol–water partition coefficient (Wildman–Crippen LogP) is 4.89. The second kappa shape index (κ2) is 7.72. The Kier molecular flexibility index (Phi) is 4.75. The summed E-state index contributed by atoms with van der Waals surface area (Å²) in [6, 6.07) is 18.0. The van der Waals surface area contributed by atoms with Crippen molar-refractivity contribution < 1.29 is 8.81 Å². The number of rotatable bonds is 5. The van der Waals surface area contributed by atoms with Gasteiger partial charge in [-0.05, 0) is 48.4 Å². The monoisotopic (exact) mass is 413 g/mol. The number of nitrogens with one attached hydrogen (secondary N) is 1. The molecule has 0 saturated carbocycles. The molecule has 1 N–H and O–H groups in total. The summed E-state index contributed by atoms with van der Waals surface area (Å²) in [6.45, 7) is 2.03. The van der Waals surface area contributed by atoms with Crippen LogP contribution in [0.1, 0.15) is 28.3 Å². The first-order chi connectivity index (χ1) is 15.1. The fraction of sp³-hybridized carbons (Fsp3) is 0.120. The van der Waals surface area contributed by atoms with E-state index in [1.54, 1.807) is 35.2 Å². The van der Waals surface area contributed by atoms with Crippen LogP contribution in [0.4, 0.5) is 4.39 Å². The number of halogens is 1. The molecular formula is C25H20FN3O2. The zero-order valence-electron chi connectivity index (χ0n) is 16.9. The number of hydrogen-bond acceptors (Lipinski definition) is 3. The number of hydrogen-bond donors (Lipinski definition) is 1. The minimum atomic E-state index is -0.283. The lowest BCUT2D eigenvalue weighted by Crippen LogP contribution is -2.17. The van der Waals surface area contributed by atoms with Crippen molar-refractivity contribution in [2.75, 3.05) is 0 Å². The van der Waals surface area contributed by atoms with Gasteiger partial charge in [-0.1, -0.05) is 35.9 Å². The lowest BCUT2D eigenvalue weighted by molar-refractivity contribution is 0.519. The molecule has 2 aromatic carbocycles. The van der Waals surface area contributed by atoms with E-state index in [2.05, 4.69) is 16.0 Å². The maximum absolute atomic E-state index is 13.4. The summed E-state index contributed by atoms with van der Waals surface area (Å²) in [5.41, 5.74) is 4.87. The third-order valence-corrected chi connectivity index (χ3v) is 5.29. The number of benzene rings is 2. The van der Waals surface area contributed by atoms with Crippen LogP contribution in [0.2, 0.25) is 0 Å². The van der Waals surface area contributed by atoms with Gasteiger partial charge < -0.3 is 9.40 Å². The van der Waals surface area contributed by atoms with E-state index < -0.39 is 0 Å². The lowest BCUT2D eigenvalue weighted by atomic mass is 10.1. The Labute approximate surface area is 178 Å². The summed E-state index contributed by atoms with van der Waals surface area (Å²) in [5.74, 6) is 0.963. The molecule has 0 aliphatic carbocycles. The normalized spacial score (nSPS) is 11.3. The van der Waals surface area contributed by atoms with E-state index in [-0.39, 0.29) is 11.4 Å². The molecule has 0 saturated heterocycles. The highest BCUT2D eigenvalue weighted by Crippen LogP contribution is 2.24. The van der Waals surface area contributed by atoms with Gasteiger partial charge >= 0.3 is 0 Å². The lowest BCUT2D eigenvalue weighted by Gasteiger charge is -2.13. The quantitative estimate of drug-likeness (QED) is 0.446. The summed E-state index contributed by atoms with van der Waals surface area (Å²) in [5, 5.41) is 0. The Morgan fingerprint density at radius 3 is 2.65 bits per heavy atom. The van der Waals surface area contributed by atoms with Crippen molar-refractivity contribution in [3.05, 3.63) is 118 Å². The molecule has 2 aliphatic rings. The molecular weight excluding hydrogens is 393 g/mol. The van der Waals surface area contributed by atoms with E-state index >= 15 is 0 Å². The Balaban J connectivity index is 1.66. The number of aromatic nitrogens is 3. The maximum Gasteiger partial charge on any atom is 0.278 e. The smallest absolute Gasteiger partial charge is 0.278 e. The number of fused-ring (bicyclic) bond motifs is 1. The maximum atomic E-state index is 13.4. The molecule has 5 nitrogen and oxygen atoms in total. The van der Waals surface area contributed by atoms with E-state index in [0.717, 1.165) is 28.1 Å². The predicted molar refractivity (Wildman–Crippen MR) is 116 cm³/mol. The van der Waals surface area contributed by atoms with Crippen LogP contribution >= 0.6 is 0 Å². The van der Waals surface area contributed by atoms with Gasteiger partial charge in [-0.2, -0.15) is 0 Å². The zero-order valence-corrected chi connectivity index (χ0v) is 16.9. The van der Waals surface area contributed by atoms with Gasteiger partial charge in [0.1, 0.15) is 17.3 Å². The van der Waals surface area contributed by atoms with Crippen LogP contribution < -0.4 is 5.56 Å². The van der Waals surface area contributed by atoms with Crippen LogP contribution in [0.25, 0.3) is 17.1 Å². The van der Waals surface area contributed by atoms with Gasteiger partial charge in [0.15, 0.2) is 5.82 Å². The molecule has 0 fully saturated rings. The van der Waals surface area contributed by atoms with E-state index in [9.17, 15) is 9.18 Å². The molecule has 6 heteroatoms. The standard InChI is InChI=1S/C25H20FN3O2/c1-16-4-2-5-18(12-16)23-15-29-24(21(27-23)13-17-7-9-19(26)10-8-17)28-22(25(29)30)14-20-6-3-11-31-20/h2-12,15,27H,13-14H2,1H3. The minimum Gasteiger partial charge on any atom is -0.469 e. The van der Waals surface area contributed by atoms with E-state index in [1.165, 1.54) is 12.1 Å². The van der Waals surface area contributed by atoms with Crippen molar-refractivity contribution >= 4 is 0 Å². The average Bonchev–Trinajstić information content (AvgIpc) is 3.39. The van der Waals surface area contributed by atoms with E-state index in [0.29, 0.717) is 30.1 Å². The van der Waals surface area contributed by atoms with E-state index in [4.69, 9.17) is 4.42 Å². The third kappa shape index (κ3) is 3.80. The molecule has 31 heavy (non-hydrogen) atoms. The summed E-state index contributed by atoms with van der Waals surface area (Å²) < 4.78 is 20.4. The van der Waals surface area contributed by atoms with Gasteiger partial charge in [-0.25, -0.2) is 9.37 Å². The molecule has 3 heterocycles. The summed E-state index contributed by atoms with van der Waals surface area (Å²) in [6.07, 6.45) is 4.18. The van der Waals surface area contributed by atoms with Crippen LogP contribution in [-0.2, 0) is 12.8 Å². The van der Waals surface area contributed by atoms with Gasteiger partial charge in [-0.15, -0.1) is 0 Å². The highest BCUT2D eigenvalue weighted by Gasteiger charge is 2.21. The third-order valence-electron chi connectivity index (χ3n) is 5.29. The van der Waals surface area contributed by atoms with Crippen LogP contribution in [0.5, 0.6) is 0 Å². The van der Waals surface area contributed by atoms with Gasteiger partial charge in [0, 0.05) is 12.6 Å². The van der Waals surface area contributed by atoms with Crippen LogP contribution in [0, 0.1) is 12.7 Å². The van der Waals surface area contributed by atoms with Crippen molar-refractivity contribution in [2.24, 2.45) is 0 Å². The SMILES string of the molecule is Cc1cccc(-c2cn3c(=O)c(Cc4ccco4)nc-3c(Cc3ccc(F)cc3)[nH]2)c1. The van der Waals surface area contributed by atoms with Crippen LogP contribution in [0.15, 0.2) is 82.3 Å². The Morgan fingerprint density at radius 2 is 1.90 bits per heavy atom.